The largest absolute Gasteiger partial charge is 0.478 e. The third kappa shape index (κ3) is 9.79. The topological polar surface area (TPSA) is 139 Å². The molecule has 220 valence electrons. The van der Waals surface area contributed by atoms with Crippen molar-refractivity contribution in [1.29, 1.82) is 0 Å². The van der Waals surface area contributed by atoms with Crippen molar-refractivity contribution in [2.24, 2.45) is 0 Å². The lowest BCUT2D eigenvalue weighted by Gasteiger charge is -2.34. The lowest BCUT2D eigenvalue weighted by Crippen LogP contribution is -2.38. The number of benzene rings is 2. The Hall–Kier alpha value is -4.61. The molecule has 11 nitrogen and oxygen atoms in total. The van der Waals surface area contributed by atoms with E-state index in [4.69, 9.17) is 19.7 Å². The number of ether oxygens (including phenoxy) is 2. The molecule has 2 N–H and O–H groups in total. The van der Waals surface area contributed by atoms with Gasteiger partial charge in [-0.25, -0.2) is 14.6 Å². The highest BCUT2D eigenvalue weighted by Gasteiger charge is 2.24. The monoisotopic (exact) mass is 573 g/mol. The fourth-order valence-corrected chi connectivity index (χ4v) is 4.60. The summed E-state index contributed by atoms with van der Waals surface area (Å²) in [6.45, 7) is 3.90. The van der Waals surface area contributed by atoms with E-state index in [0.717, 1.165) is 51.0 Å². The molecule has 0 aliphatic carbocycles. The number of carboxylic acids is 2. The molecule has 1 fully saturated rings. The highest BCUT2D eigenvalue weighted by Crippen LogP contribution is 2.30. The normalized spacial score (nSPS) is 14.1. The van der Waals surface area contributed by atoms with E-state index in [1.54, 1.807) is 0 Å². The van der Waals surface area contributed by atoms with Crippen LogP contribution in [0.4, 0.5) is 0 Å². The van der Waals surface area contributed by atoms with E-state index in [1.165, 1.54) is 22.1 Å². The summed E-state index contributed by atoms with van der Waals surface area (Å²) >= 11 is 0. The van der Waals surface area contributed by atoms with Gasteiger partial charge in [-0.15, -0.1) is 14.8 Å². The summed E-state index contributed by atoms with van der Waals surface area (Å²) in [7, 11) is 0. The van der Waals surface area contributed by atoms with E-state index < -0.39 is 11.9 Å². The molecule has 1 aliphatic rings. The number of aromatic nitrogens is 4. The van der Waals surface area contributed by atoms with Crippen LogP contribution in [0.15, 0.2) is 91.3 Å². The van der Waals surface area contributed by atoms with Gasteiger partial charge in [-0.05, 0) is 49.4 Å². The lowest BCUT2D eigenvalue weighted by atomic mass is 10.00. The number of piperidine rings is 1. The second kappa shape index (κ2) is 16.0. The molecular formula is C31H35N5O6. The number of carbonyl (C=O) groups is 2. The first-order valence-corrected chi connectivity index (χ1v) is 13.9. The van der Waals surface area contributed by atoms with Gasteiger partial charge < -0.3 is 24.6 Å². The zero-order valence-corrected chi connectivity index (χ0v) is 23.2. The highest BCUT2D eigenvalue weighted by molar-refractivity contribution is 5.89. The molecular weight excluding hydrogens is 538 g/mol. The first-order chi connectivity index (χ1) is 20.5. The van der Waals surface area contributed by atoms with Gasteiger partial charge in [0.25, 0.3) is 0 Å². The molecule has 0 spiro atoms. The van der Waals surface area contributed by atoms with Gasteiger partial charge in [0.1, 0.15) is 12.4 Å². The zero-order valence-electron chi connectivity index (χ0n) is 23.2. The second-order valence-corrected chi connectivity index (χ2v) is 9.72. The standard InChI is InChI=1S/C27H31N5O2.C4H4O4/c1-3-9-22(10-4-1)27(23-11-5-2-6-12-23)34-24-15-18-31(19-16-24)17-7-8-20-33-26-14-13-25-28-21-29-32(25)30-26;5-3(6)1-2-4(7)8/h1-6,9-14,21,24,27H,7-8,15-20H2;1-2H,(H,5,6)(H,7,8). The van der Waals surface area contributed by atoms with E-state index in [0.29, 0.717) is 24.6 Å². The van der Waals surface area contributed by atoms with Crippen molar-refractivity contribution in [1.82, 2.24) is 24.7 Å². The van der Waals surface area contributed by atoms with Crippen molar-refractivity contribution >= 4 is 17.6 Å². The summed E-state index contributed by atoms with van der Waals surface area (Å²) in [4.78, 5) is 25.7. The number of rotatable bonds is 12. The Morgan fingerprint density at radius 1 is 0.881 bits per heavy atom. The molecule has 2 aromatic carbocycles. The predicted octanol–water partition coefficient (Wildman–Crippen LogP) is 4.27. The van der Waals surface area contributed by atoms with Crippen molar-refractivity contribution in [3.63, 3.8) is 0 Å². The third-order valence-corrected chi connectivity index (χ3v) is 6.68. The van der Waals surface area contributed by atoms with Crippen molar-refractivity contribution in [3.05, 3.63) is 102 Å². The van der Waals surface area contributed by atoms with Gasteiger partial charge in [0, 0.05) is 31.3 Å². The van der Waals surface area contributed by atoms with Gasteiger partial charge in [0.15, 0.2) is 5.65 Å². The summed E-state index contributed by atoms with van der Waals surface area (Å²) in [5, 5.41) is 24.0. The zero-order chi connectivity index (χ0) is 29.6. The number of carboxylic acid groups (broad SMARTS) is 2. The fourth-order valence-electron chi connectivity index (χ4n) is 4.60. The minimum atomic E-state index is -1.26. The van der Waals surface area contributed by atoms with Crippen LogP contribution in [0.25, 0.3) is 5.65 Å². The van der Waals surface area contributed by atoms with Gasteiger partial charge in [-0.1, -0.05) is 60.7 Å². The molecule has 0 radical (unpaired) electrons. The smallest absolute Gasteiger partial charge is 0.328 e. The molecule has 4 aromatic rings. The van der Waals surface area contributed by atoms with Crippen LogP contribution >= 0.6 is 0 Å². The van der Waals surface area contributed by atoms with Gasteiger partial charge in [-0.3, -0.25) is 0 Å². The first kappa shape index (κ1) is 30.4. The molecule has 2 aromatic heterocycles. The third-order valence-electron chi connectivity index (χ3n) is 6.68. The Labute approximate surface area is 244 Å². The van der Waals surface area contributed by atoms with E-state index in [1.807, 2.05) is 12.1 Å². The van der Waals surface area contributed by atoms with E-state index in [-0.39, 0.29) is 12.2 Å². The number of unbranched alkanes of at least 4 members (excludes halogenated alkanes) is 1. The average molecular weight is 574 g/mol. The molecule has 11 heteroatoms. The Balaban J connectivity index is 0.000000446. The average Bonchev–Trinajstić information content (AvgIpc) is 3.49. The molecule has 0 amide bonds. The Morgan fingerprint density at radius 2 is 1.50 bits per heavy atom. The van der Waals surface area contributed by atoms with Gasteiger partial charge >= 0.3 is 11.9 Å². The highest BCUT2D eigenvalue weighted by atomic mass is 16.5. The second-order valence-electron chi connectivity index (χ2n) is 9.72. The molecule has 0 unspecified atom stereocenters. The van der Waals surface area contributed by atoms with E-state index in [9.17, 15) is 9.59 Å². The molecule has 0 atom stereocenters. The molecule has 0 bridgehead atoms. The van der Waals surface area contributed by atoms with E-state index in [2.05, 4.69) is 80.7 Å². The number of nitrogens with zero attached hydrogens (tertiary/aromatic N) is 5. The van der Waals surface area contributed by atoms with Gasteiger partial charge in [0.2, 0.25) is 5.88 Å². The van der Waals surface area contributed by atoms with Crippen LogP contribution < -0.4 is 4.74 Å². The first-order valence-electron chi connectivity index (χ1n) is 13.9. The Kier molecular flexibility index (Phi) is 11.6. The maximum atomic E-state index is 9.55. The van der Waals surface area contributed by atoms with Crippen molar-refractivity contribution < 1.29 is 29.3 Å². The summed E-state index contributed by atoms with van der Waals surface area (Å²) in [5.41, 5.74) is 3.15. The molecule has 3 heterocycles. The van der Waals surface area contributed by atoms with Crippen LogP contribution in [0.2, 0.25) is 0 Å². The summed E-state index contributed by atoms with van der Waals surface area (Å²) < 4.78 is 13.9. The minimum Gasteiger partial charge on any atom is -0.478 e. The molecule has 0 saturated carbocycles. The maximum absolute atomic E-state index is 9.55. The molecule has 5 rings (SSSR count). The van der Waals surface area contributed by atoms with Gasteiger partial charge in [0.05, 0.1) is 12.7 Å². The van der Waals surface area contributed by atoms with Crippen LogP contribution in [0.1, 0.15) is 42.9 Å². The van der Waals surface area contributed by atoms with Crippen molar-refractivity contribution in [3.8, 4) is 5.88 Å². The van der Waals surface area contributed by atoms with Crippen LogP contribution in [0.3, 0.4) is 0 Å². The summed E-state index contributed by atoms with van der Waals surface area (Å²) in [6.07, 6.45) is 7.10. The number of likely N-dealkylation sites (tertiary alicyclic amines) is 1. The van der Waals surface area contributed by atoms with Crippen LogP contribution in [-0.4, -0.2) is 79.2 Å². The summed E-state index contributed by atoms with van der Waals surface area (Å²) in [5.74, 6) is -1.93. The number of hydrogen-bond acceptors (Lipinski definition) is 8. The van der Waals surface area contributed by atoms with Gasteiger partial charge in [-0.2, -0.15) is 0 Å². The summed E-state index contributed by atoms with van der Waals surface area (Å²) in [6, 6.07) is 24.8. The molecule has 1 aliphatic heterocycles. The van der Waals surface area contributed by atoms with Crippen LogP contribution in [-0.2, 0) is 14.3 Å². The fraction of sp³-hybridized carbons (Fsp3) is 0.323. The number of hydrogen-bond donors (Lipinski definition) is 2. The quantitative estimate of drug-likeness (QED) is 0.187. The van der Waals surface area contributed by atoms with Crippen LogP contribution in [0, 0.1) is 0 Å². The Bertz CT molecular complexity index is 1370. The maximum Gasteiger partial charge on any atom is 0.328 e. The minimum absolute atomic E-state index is 0.0125. The molecule has 1 saturated heterocycles. The lowest BCUT2D eigenvalue weighted by molar-refractivity contribution is -0.134. The van der Waals surface area contributed by atoms with Crippen LogP contribution in [0.5, 0.6) is 5.88 Å². The predicted molar refractivity (Wildman–Crippen MR) is 155 cm³/mol. The van der Waals surface area contributed by atoms with E-state index >= 15 is 0 Å². The molecule has 42 heavy (non-hydrogen) atoms. The van der Waals surface area contributed by atoms with Crippen molar-refractivity contribution in [2.75, 3.05) is 26.2 Å². The Morgan fingerprint density at radius 3 is 2.10 bits per heavy atom. The number of aliphatic carboxylic acids is 2. The van der Waals surface area contributed by atoms with Crippen molar-refractivity contribution in [2.45, 2.75) is 37.9 Å². The SMILES string of the molecule is O=C(O)C=CC(=O)O.c1ccc(C(OC2CCN(CCCCOc3ccc4ncnn4n3)CC2)c2ccccc2)cc1. The number of fused-ring (bicyclic) bond motifs is 1.